The molecule has 0 aliphatic heterocycles. The summed E-state index contributed by atoms with van der Waals surface area (Å²) < 4.78 is 0. The molecule has 25 heavy (non-hydrogen) atoms. The maximum Gasteiger partial charge on any atom is 0.226 e. The smallest absolute Gasteiger partial charge is 0.226 e. The highest BCUT2D eigenvalue weighted by Gasteiger charge is 2.15. The Hall–Kier alpha value is -2.53. The van der Waals surface area contributed by atoms with Crippen molar-refractivity contribution in [1.82, 2.24) is 15.3 Å². The van der Waals surface area contributed by atoms with E-state index in [1.54, 1.807) is 6.20 Å². The van der Waals surface area contributed by atoms with Crippen LogP contribution in [0.4, 0.5) is 0 Å². The summed E-state index contributed by atoms with van der Waals surface area (Å²) in [7, 11) is 0. The maximum atomic E-state index is 12.4. The van der Waals surface area contributed by atoms with Crippen LogP contribution in [0.1, 0.15) is 36.2 Å². The highest BCUT2D eigenvalue weighted by Crippen LogP contribution is 2.22. The van der Waals surface area contributed by atoms with Crippen LogP contribution in [-0.2, 0) is 11.2 Å². The lowest BCUT2D eigenvalue weighted by atomic mass is 10.0. The first-order chi connectivity index (χ1) is 12.2. The first-order valence-electron chi connectivity index (χ1n) is 8.37. The number of nitrogens with zero attached hydrogens (tertiary/aromatic N) is 2. The molecule has 0 aliphatic carbocycles. The van der Waals surface area contributed by atoms with E-state index in [0.717, 1.165) is 28.4 Å². The first-order valence-corrected chi connectivity index (χ1v) is 9.25. The number of hydrogen-bond donors (Lipinski definition) is 1. The molecule has 0 saturated heterocycles. The second-order valence-corrected chi connectivity index (χ2v) is 6.83. The molecule has 0 aliphatic rings. The van der Waals surface area contributed by atoms with Gasteiger partial charge in [0.1, 0.15) is 5.01 Å². The monoisotopic (exact) mass is 351 g/mol. The van der Waals surface area contributed by atoms with Crippen molar-refractivity contribution in [1.29, 1.82) is 0 Å². The van der Waals surface area contributed by atoms with Crippen LogP contribution in [0.3, 0.4) is 0 Å². The first kappa shape index (κ1) is 17.3. The number of hydrogen-bond acceptors (Lipinski definition) is 4. The van der Waals surface area contributed by atoms with E-state index in [9.17, 15) is 4.79 Å². The normalized spacial score (nSPS) is 11.9. The van der Waals surface area contributed by atoms with Crippen molar-refractivity contribution >= 4 is 17.2 Å². The summed E-state index contributed by atoms with van der Waals surface area (Å²) in [5, 5.41) is 5.88. The number of benzene rings is 1. The van der Waals surface area contributed by atoms with Crippen LogP contribution in [0.2, 0.25) is 0 Å². The van der Waals surface area contributed by atoms with Crippen molar-refractivity contribution < 1.29 is 4.79 Å². The van der Waals surface area contributed by atoms with Crippen LogP contribution < -0.4 is 5.32 Å². The van der Waals surface area contributed by atoms with Crippen molar-refractivity contribution in [2.45, 2.75) is 32.7 Å². The summed E-state index contributed by atoms with van der Waals surface area (Å²) in [5.74, 6) is -0.00899. The van der Waals surface area contributed by atoms with E-state index in [1.165, 1.54) is 16.9 Å². The standard InChI is InChI=1S/C20H21N3OS/c1-3-17(15-9-7-14(2)8-10-15)23-19(24)12-16-13-25-20(22-16)18-6-4-5-11-21-18/h4-11,13,17H,3,12H2,1-2H3,(H,23,24). The molecule has 1 N–H and O–H groups in total. The van der Waals surface area contributed by atoms with Gasteiger partial charge in [0.15, 0.2) is 0 Å². The lowest BCUT2D eigenvalue weighted by molar-refractivity contribution is -0.121. The third kappa shape index (κ3) is 4.51. The highest BCUT2D eigenvalue weighted by atomic mass is 32.1. The molecule has 5 heteroatoms. The molecular formula is C20H21N3OS. The van der Waals surface area contributed by atoms with Gasteiger partial charge in [0.05, 0.1) is 23.9 Å². The largest absolute Gasteiger partial charge is 0.349 e. The minimum Gasteiger partial charge on any atom is -0.349 e. The second-order valence-electron chi connectivity index (χ2n) is 5.97. The van der Waals surface area contributed by atoms with E-state index in [-0.39, 0.29) is 18.4 Å². The van der Waals surface area contributed by atoms with Gasteiger partial charge in [0.2, 0.25) is 5.91 Å². The molecule has 1 unspecified atom stereocenters. The summed E-state index contributed by atoms with van der Waals surface area (Å²) in [4.78, 5) is 21.2. The Morgan fingerprint density at radius 1 is 1.20 bits per heavy atom. The fourth-order valence-corrected chi connectivity index (χ4v) is 3.42. The minimum atomic E-state index is -0.00899. The molecule has 4 nitrogen and oxygen atoms in total. The third-order valence-electron chi connectivity index (χ3n) is 4.00. The molecule has 1 amide bonds. The number of carbonyl (C=O) groups is 1. The number of rotatable bonds is 6. The van der Waals surface area contributed by atoms with Crippen LogP contribution in [0, 0.1) is 6.92 Å². The summed E-state index contributed by atoms with van der Waals surface area (Å²) in [5.41, 5.74) is 3.97. The van der Waals surface area contributed by atoms with E-state index < -0.39 is 0 Å². The molecule has 2 heterocycles. The SMILES string of the molecule is CCC(NC(=O)Cc1csc(-c2ccccn2)n1)c1ccc(C)cc1. The van der Waals surface area contributed by atoms with Gasteiger partial charge in [-0.1, -0.05) is 42.8 Å². The Morgan fingerprint density at radius 2 is 2.00 bits per heavy atom. The van der Waals surface area contributed by atoms with Crippen molar-refractivity contribution in [3.8, 4) is 10.7 Å². The Morgan fingerprint density at radius 3 is 2.68 bits per heavy atom. The number of nitrogens with one attached hydrogen (secondary N) is 1. The summed E-state index contributed by atoms with van der Waals surface area (Å²) in [6, 6.07) is 14.1. The zero-order chi connectivity index (χ0) is 17.6. The number of carbonyl (C=O) groups excluding carboxylic acids is 1. The maximum absolute atomic E-state index is 12.4. The van der Waals surface area contributed by atoms with Crippen molar-refractivity contribution in [3.63, 3.8) is 0 Å². The number of thiazole rings is 1. The van der Waals surface area contributed by atoms with Gasteiger partial charge in [-0.3, -0.25) is 9.78 Å². The van der Waals surface area contributed by atoms with Gasteiger partial charge < -0.3 is 5.32 Å². The zero-order valence-electron chi connectivity index (χ0n) is 14.4. The number of pyridine rings is 1. The van der Waals surface area contributed by atoms with Crippen molar-refractivity contribution in [2.24, 2.45) is 0 Å². The Kier molecular flexibility index (Phi) is 5.56. The van der Waals surface area contributed by atoms with Gasteiger partial charge in [-0.15, -0.1) is 11.3 Å². The number of aryl methyl sites for hydroxylation is 1. The summed E-state index contributed by atoms with van der Waals surface area (Å²) >= 11 is 1.51. The topological polar surface area (TPSA) is 54.9 Å². The quantitative estimate of drug-likeness (QED) is 0.719. The van der Waals surface area contributed by atoms with Crippen LogP contribution in [0.15, 0.2) is 54.0 Å². The van der Waals surface area contributed by atoms with E-state index in [4.69, 9.17) is 0 Å². The van der Waals surface area contributed by atoms with Crippen LogP contribution in [-0.4, -0.2) is 15.9 Å². The molecule has 0 radical (unpaired) electrons. The third-order valence-corrected chi connectivity index (χ3v) is 4.91. The Balaban J connectivity index is 1.64. The van der Waals surface area contributed by atoms with E-state index in [2.05, 4.69) is 53.4 Å². The minimum absolute atomic E-state index is 0.00899. The Labute approximate surface area is 152 Å². The molecule has 0 fully saturated rings. The Bertz CT molecular complexity index is 828. The molecule has 3 rings (SSSR count). The lowest BCUT2D eigenvalue weighted by Crippen LogP contribution is -2.29. The van der Waals surface area contributed by atoms with Gasteiger partial charge in [0, 0.05) is 11.6 Å². The van der Waals surface area contributed by atoms with Gasteiger partial charge in [0.25, 0.3) is 0 Å². The fourth-order valence-electron chi connectivity index (χ4n) is 2.62. The van der Waals surface area contributed by atoms with Gasteiger partial charge in [-0.2, -0.15) is 0 Å². The van der Waals surface area contributed by atoms with Crippen LogP contribution >= 0.6 is 11.3 Å². The fraction of sp³-hybridized carbons (Fsp3) is 0.250. The lowest BCUT2D eigenvalue weighted by Gasteiger charge is -2.17. The van der Waals surface area contributed by atoms with Gasteiger partial charge >= 0.3 is 0 Å². The van der Waals surface area contributed by atoms with Crippen LogP contribution in [0.5, 0.6) is 0 Å². The predicted molar refractivity (Wildman–Crippen MR) is 101 cm³/mol. The molecule has 2 aromatic heterocycles. The molecule has 3 aromatic rings. The average molecular weight is 351 g/mol. The van der Waals surface area contributed by atoms with Gasteiger partial charge in [-0.25, -0.2) is 4.98 Å². The van der Waals surface area contributed by atoms with Crippen LogP contribution in [0.25, 0.3) is 10.7 Å². The zero-order valence-corrected chi connectivity index (χ0v) is 15.2. The van der Waals surface area contributed by atoms with E-state index in [0.29, 0.717) is 0 Å². The van der Waals surface area contributed by atoms with E-state index in [1.807, 2.05) is 23.6 Å². The second kappa shape index (κ2) is 8.03. The molecule has 128 valence electrons. The molecule has 1 aromatic carbocycles. The molecule has 0 saturated carbocycles. The molecule has 0 spiro atoms. The molecular weight excluding hydrogens is 330 g/mol. The predicted octanol–water partition coefficient (Wildman–Crippen LogP) is 4.32. The summed E-state index contributed by atoms with van der Waals surface area (Å²) in [6.07, 6.45) is 2.88. The van der Waals surface area contributed by atoms with Crippen molar-refractivity contribution in [3.05, 3.63) is 70.9 Å². The molecule has 1 atom stereocenters. The number of amides is 1. The number of aromatic nitrogens is 2. The van der Waals surface area contributed by atoms with E-state index >= 15 is 0 Å². The average Bonchev–Trinajstić information content (AvgIpc) is 3.10. The molecule has 0 bridgehead atoms. The van der Waals surface area contributed by atoms with Crippen molar-refractivity contribution in [2.75, 3.05) is 0 Å². The highest BCUT2D eigenvalue weighted by molar-refractivity contribution is 7.13. The van der Waals surface area contributed by atoms with Gasteiger partial charge in [-0.05, 0) is 31.0 Å². The summed E-state index contributed by atoms with van der Waals surface area (Å²) in [6.45, 7) is 4.14.